The van der Waals surface area contributed by atoms with Gasteiger partial charge in [-0.05, 0) is 43.9 Å². The second-order valence-electron chi connectivity index (χ2n) is 7.93. The van der Waals surface area contributed by atoms with E-state index in [9.17, 15) is 9.18 Å². The number of carbonyl (C=O) groups is 1. The van der Waals surface area contributed by atoms with Gasteiger partial charge in [0.05, 0.1) is 11.3 Å². The molecule has 1 amide bonds. The summed E-state index contributed by atoms with van der Waals surface area (Å²) in [7, 11) is 0. The first-order valence-electron chi connectivity index (χ1n) is 9.93. The van der Waals surface area contributed by atoms with E-state index in [0.717, 1.165) is 37.3 Å². The van der Waals surface area contributed by atoms with Crippen LogP contribution in [0, 0.1) is 25.6 Å². The maximum absolute atomic E-state index is 13.2. The molecule has 1 unspecified atom stereocenters. The highest BCUT2D eigenvalue weighted by atomic mass is 19.1. The van der Waals surface area contributed by atoms with Crippen molar-refractivity contribution in [1.82, 2.24) is 19.8 Å². The van der Waals surface area contributed by atoms with Crippen LogP contribution in [0.4, 0.5) is 4.39 Å². The molecule has 1 aromatic carbocycles. The Morgan fingerprint density at radius 1 is 1.21 bits per heavy atom. The highest BCUT2D eigenvalue weighted by Crippen LogP contribution is 2.22. The first-order valence-corrected chi connectivity index (χ1v) is 9.93. The molecule has 0 spiro atoms. The lowest BCUT2D eigenvalue weighted by Crippen LogP contribution is -2.45. The van der Waals surface area contributed by atoms with E-state index >= 15 is 0 Å². The Kier molecular flexibility index (Phi) is 6.39. The Bertz CT molecular complexity index is 822. The summed E-state index contributed by atoms with van der Waals surface area (Å²) in [6.07, 6.45) is 2.55. The minimum atomic E-state index is -0.215. The Morgan fingerprint density at radius 3 is 2.57 bits per heavy atom. The van der Waals surface area contributed by atoms with Crippen LogP contribution >= 0.6 is 0 Å². The van der Waals surface area contributed by atoms with Gasteiger partial charge >= 0.3 is 0 Å². The van der Waals surface area contributed by atoms with Crippen LogP contribution in [0.15, 0.2) is 30.5 Å². The minimum absolute atomic E-state index is 0.00628. The molecule has 1 saturated heterocycles. The van der Waals surface area contributed by atoms with Crippen LogP contribution in [-0.4, -0.2) is 51.4 Å². The number of amides is 1. The number of nitrogens with zero attached hydrogens (tertiary/aromatic N) is 4. The third-order valence-electron chi connectivity index (χ3n) is 5.44. The summed E-state index contributed by atoms with van der Waals surface area (Å²) in [5.41, 5.74) is 2.40. The molecule has 150 valence electrons. The average Bonchev–Trinajstić information content (AvgIpc) is 2.86. The Morgan fingerprint density at radius 2 is 1.93 bits per heavy atom. The number of aromatic nitrogens is 2. The van der Waals surface area contributed by atoms with Crippen molar-refractivity contribution in [3.8, 4) is 0 Å². The number of halogens is 1. The zero-order chi connectivity index (χ0) is 20.3. The Balaban J connectivity index is 1.78. The molecule has 1 aliphatic rings. The molecule has 1 atom stereocenters. The first kappa shape index (κ1) is 20.4. The van der Waals surface area contributed by atoms with Gasteiger partial charge in [0.1, 0.15) is 11.6 Å². The summed E-state index contributed by atoms with van der Waals surface area (Å²) in [5.74, 6) is 0.860. The van der Waals surface area contributed by atoms with Crippen LogP contribution in [-0.2, 0) is 6.54 Å². The third-order valence-corrected chi connectivity index (χ3v) is 5.44. The van der Waals surface area contributed by atoms with Crippen molar-refractivity contribution in [2.24, 2.45) is 5.92 Å². The topological polar surface area (TPSA) is 49.3 Å². The van der Waals surface area contributed by atoms with E-state index in [4.69, 9.17) is 0 Å². The largest absolute Gasteiger partial charge is 0.337 e. The molecule has 5 nitrogen and oxygen atoms in total. The molecule has 3 rings (SSSR count). The molecule has 2 heterocycles. The van der Waals surface area contributed by atoms with Crippen LogP contribution < -0.4 is 0 Å². The SMILES string of the molecule is Cc1ncc(C(=O)N2CCCN(Cc3ccc(F)cc3)C(C(C)C)C2)c(C)n1. The number of benzene rings is 1. The normalized spacial score (nSPS) is 18.4. The van der Waals surface area contributed by atoms with E-state index in [1.807, 2.05) is 30.9 Å². The van der Waals surface area contributed by atoms with Crippen molar-refractivity contribution in [3.63, 3.8) is 0 Å². The lowest BCUT2D eigenvalue weighted by Gasteiger charge is -2.34. The molecule has 1 fully saturated rings. The van der Waals surface area contributed by atoms with Gasteiger partial charge in [-0.25, -0.2) is 14.4 Å². The number of aryl methyl sites for hydroxylation is 2. The molecule has 0 N–H and O–H groups in total. The summed E-state index contributed by atoms with van der Waals surface area (Å²) >= 11 is 0. The summed E-state index contributed by atoms with van der Waals surface area (Å²) in [6.45, 7) is 11.1. The van der Waals surface area contributed by atoms with E-state index in [2.05, 4.69) is 28.7 Å². The van der Waals surface area contributed by atoms with Gasteiger partial charge in [-0.15, -0.1) is 0 Å². The van der Waals surface area contributed by atoms with Gasteiger partial charge in [0, 0.05) is 38.4 Å². The van der Waals surface area contributed by atoms with Gasteiger partial charge in [0.15, 0.2) is 0 Å². The van der Waals surface area contributed by atoms with E-state index < -0.39 is 0 Å². The molecular weight excluding hydrogens is 355 g/mol. The van der Waals surface area contributed by atoms with Gasteiger partial charge in [-0.2, -0.15) is 0 Å². The zero-order valence-electron chi connectivity index (χ0n) is 17.2. The van der Waals surface area contributed by atoms with E-state index in [1.165, 1.54) is 12.1 Å². The van der Waals surface area contributed by atoms with Gasteiger partial charge in [0.2, 0.25) is 0 Å². The van der Waals surface area contributed by atoms with Gasteiger partial charge in [-0.3, -0.25) is 9.69 Å². The molecule has 6 heteroatoms. The average molecular weight is 384 g/mol. The summed E-state index contributed by atoms with van der Waals surface area (Å²) < 4.78 is 13.2. The predicted molar refractivity (Wildman–Crippen MR) is 107 cm³/mol. The molecule has 0 saturated carbocycles. The molecule has 1 aliphatic heterocycles. The maximum atomic E-state index is 13.2. The number of carbonyl (C=O) groups excluding carboxylic acids is 1. The Labute approximate surface area is 166 Å². The Hall–Kier alpha value is -2.34. The van der Waals surface area contributed by atoms with Gasteiger partial charge < -0.3 is 4.90 Å². The summed E-state index contributed by atoms with van der Waals surface area (Å²) in [4.78, 5) is 26.1. The van der Waals surface area contributed by atoms with Crippen LogP contribution in [0.2, 0.25) is 0 Å². The monoisotopic (exact) mass is 384 g/mol. The van der Waals surface area contributed by atoms with E-state index in [1.54, 1.807) is 6.20 Å². The predicted octanol–water partition coefficient (Wildman–Crippen LogP) is 3.61. The van der Waals surface area contributed by atoms with E-state index in [-0.39, 0.29) is 17.8 Å². The smallest absolute Gasteiger partial charge is 0.257 e. The van der Waals surface area contributed by atoms with Crippen molar-refractivity contribution < 1.29 is 9.18 Å². The third kappa shape index (κ3) is 4.73. The van der Waals surface area contributed by atoms with Crippen LogP contribution in [0.25, 0.3) is 0 Å². The van der Waals surface area contributed by atoms with Gasteiger partial charge in [0.25, 0.3) is 5.91 Å². The van der Waals surface area contributed by atoms with Crippen LogP contribution in [0.5, 0.6) is 0 Å². The molecule has 1 aromatic heterocycles. The molecule has 0 bridgehead atoms. The zero-order valence-corrected chi connectivity index (χ0v) is 17.2. The quantitative estimate of drug-likeness (QED) is 0.808. The van der Waals surface area contributed by atoms with Crippen LogP contribution in [0.1, 0.15) is 47.7 Å². The fourth-order valence-electron chi connectivity index (χ4n) is 3.86. The highest BCUT2D eigenvalue weighted by Gasteiger charge is 2.30. The lowest BCUT2D eigenvalue weighted by atomic mass is 10.0. The van der Waals surface area contributed by atoms with Crippen molar-refractivity contribution in [2.45, 2.75) is 46.7 Å². The second kappa shape index (κ2) is 8.78. The van der Waals surface area contributed by atoms with Crippen LogP contribution in [0.3, 0.4) is 0 Å². The fraction of sp³-hybridized carbons (Fsp3) is 0.500. The minimum Gasteiger partial charge on any atom is -0.337 e. The van der Waals surface area contributed by atoms with Crippen molar-refractivity contribution in [3.05, 3.63) is 58.9 Å². The molecule has 28 heavy (non-hydrogen) atoms. The molecule has 2 aromatic rings. The van der Waals surface area contributed by atoms with Gasteiger partial charge in [-0.1, -0.05) is 26.0 Å². The summed E-state index contributed by atoms with van der Waals surface area (Å²) in [6, 6.07) is 6.94. The number of hydrogen-bond acceptors (Lipinski definition) is 4. The highest BCUT2D eigenvalue weighted by molar-refractivity contribution is 5.95. The lowest BCUT2D eigenvalue weighted by molar-refractivity contribution is 0.0700. The number of hydrogen-bond donors (Lipinski definition) is 0. The van der Waals surface area contributed by atoms with E-state index in [0.29, 0.717) is 23.9 Å². The fourth-order valence-corrected chi connectivity index (χ4v) is 3.86. The van der Waals surface area contributed by atoms with Crippen molar-refractivity contribution in [2.75, 3.05) is 19.6 Å². The molecule has 0 radical (unpaired) electrons. The van der Waals surface area contributed by atoms with Crippen molar-refractivity contribution in [1.29, 1.82) is 0 Å². The maximum Gasteiger partial charge on any atom is 0.257 e. The number of rotatable bonds is 4. The summed E-state index contributed by atoms with van der Waals surface area (Å²) in [5, 5.41) is 0. The van der Waals surface area contributed by atoms with Crippen molar-refractivity contribution >= 4 is 5.91 Å². The molecular formula is C22H29FN4O. The standard InChI is InChI=1S/C22H29FN4O/c1-15(2)21-14-27(22(28)20-12-24-17(4)25-16(20)3)11-5-10-26(21)13-18-6-8-19(23)9-7-18/h6-9,12,15,21H,5,10-11,13-14H2,1-4H3. The molecule has 0 aliphatic carbocycles. The first-order chi connectivity index (χ1) is 13.3. The second-order valence-corrected chi connectivity index (χ2v) is 7.93.